The third-order valence-electron chi connectivity index (χ3n) is 8.82. The quantitative estimate of drug-likeness (QED) is 0.158. The molecule has 186 valence electrons. The van der Waals surface area contributed by atoms with E-state index in [4.69, 9.17) is 0 Å². The molecular formula is C32H36Cl2HfSi. The summed E-state index contributed by atoms with van der Waals surface area (Å²) in [4.78, 5) is 0. The number of benzene rings is 4. The molecule has 0 atom stereocenters. The SMILES string of the molecule is CC[CH2][Hf](=[SiH2])([CH2]CC)([c]1cccc2c1Cc1ccccc1-2)[c]1cccc2c1Cc1ccccc1-2.Cl.Cl. The van der Waals surface area contributed by atoms with E-state index >= 15 is 0 Å². The van der Waals surface area contributed by atoms with E-state index in [9.17, 15) is 0 Å². The Balaban J connectivity index is 0.00000152. The Morgan fingerprint density at radius 2 is 0.944 bits per heavy atom. The number of rotatable bonds is 6. The Kier molecular flexibility index (Phi) is 7.94. The average molecular weight is 698 g/mol. The van der Waals surface area contributed by atoms with Crippen molar-refractivity contribution in [1.29, 1.82) is 0 Å². The zero-order valence-corrected chi connectivity index (χ0v) is 28.0. The average Bonchev–Trinajstić information content (AvgIpc) is 3.42. The fraction of sp³-hybridized carbons (Fsp3) is 0.250. The summed E-state index contributed by atoms with van der Waals surface area (Å²) in [5.41, 5.74) is 12.3. The summed E-state index contributed by atoms with van der Waals surface area (Å²) in [6.07, 6.45) is 4.75. The van der Waals surface area contributed by atoms with Gasteiger partial charge in [0.15, 0.2) is 0 Å². The number of fused-ring (bicyclic) bond motifs is 6. The summed E-state index contributed by atoms with van der Waals surface area (Å²) in [5.74, 6) is 0. The molecule has 0 radical (unpaired) electrons. The molecule has 0 N–H and O–H groups in total. The molecule has 4 heteroatoms. The van der Waals surface area contributed by atoms with Gasteiger partial charge in [-0.25, -0.2) is 0 Å². The van der Waals surface area contributed by atoms with Gasteiger partial charge in [0.25, 0.3) is 0 Å². The molecule has 2 aliphatic carbocycles. The van der Waals surface area contributed by atoms with E-state index < -0.39 is 17.1 Å². The topological polar surface area (TPSA) is 0 Å². The van der Waals surface area contributed by atoms with Crippen LogP contribution in [0.4, 0.5) is 0 Å². The van der Waals surface area contributed by atoms with Gasteiger partial charge in [0.1, 0.15) is 0 Å². The van der Waals surface area contributed by atoms with E-state index in [1.165, 1.54) is 54.6 Å². The monoisotopic (exact) mass is 698 g/mol. The van der Waals surface area contributed by atoms with Crippen molar-refractivity contribution in [2.24, 2.45) is 0 Å². The standard InChI is InChI=1S/2C13H9.2C3H7.2ClH.Hf.H2Si/c2*1-3-7-12-10(5-1)9-11-6-2-4-8-13(11)12;2*1-3-2;;;;/h2*1-5,7-8H,9H2;2*1,3H2,2H3;2*1H;;1H2. The maximum absolute atomic E-state index is 3.80. The molecular weight excluding hydrogens is 662 g/mol. The first-order valence-electron chi connectivity index (χ1n) is 13.0. The normalized spacial score (nSPS) is 13.1. The second-order valence-electron chi connectivity index (χ2n) is 10.8. The molecule has 4 aromatic carbocycles. The molecule has 6 rings (SSSR count). The van der Waals surface area contributed by atoms with Crippen molar-refractivity contribution in [1.82, 2.24) is 0 Å². The van der Waals surface area contributed by atoms with Crippen molar-refractivity contribution in [3.63, 3.8) is 0 Å². The maximum atomic E-state index is 2.57. The van der Waals surface area contributed by atoms with Gasteiger partial charge in [-0.05, 0) is 0 Å². The molecule has 4 aromatic rings. The molecule has 0 amide bonds. The van der Waals surface area contributed by atoms with Crippen LogP contribution in [0.3, 0.4) is 0 Å². The van der Waals surface area contributed by atoms with Crippen molar-refractivity contribution < 1.29 is 17.1 Å². The fourth-order valence-corrected chi connectivity index (χ4v) is 44.4. The van der Waals surface area contributed by atoms with E-state index in [0.717, 1.165) is 12.8 Å². The van der Waals surface area contributed by atoms with Crippen LogP contribution in [0.5, 0.6) is 0 Å². The second-order valence-corrected chi connectivity index (χ2v) is 46.1. The molecule has 0 nitrogen and oxygen atoms in total. The first-order chi connectivity index (χ1) is 16.6. The molecule has 0 bridgehead atoms. The molecule has 2 aliphatic rings. The van der Waals surface area contributed by atoms with Crippen LogP contribution in [0.1, 0.15) is 48.9 Å². The second kappa shape index (κ2) is 10.4. The zero-order chi connectivity index (χ0) is 23.4. The van der Waals surface area contributed by atoms with Crippen LogP contribution >= 0.6 is 24.8 Å². The van der Waals surface area contributed by atoms with E-state index in [1.807, 2.05) is 0 Å². The predicted molar refractivity (Wildman–Crippen MR) is 162 cm³/mol. The van der Waals surface area contributed by atoms with Gasteiger partial charge in [-0.1, -0.05) is 0 Å². The van der Waals surface area contributed by atoms with Crippen molar-refractivity contribution in [3.05, 3.63) is 107 Å². The summed E-state index contributed by atoms with van der Waals surface area (Å²) in [7, 11) is 0. The van der Waals surface area contributed by atoms with E-state index in [1.54, 1.807) is 17.8 Å². The van der Waals surface area contributed by atoms with Crippen molar-refractivity contribution in [3.8, 4) is 22.3 Å². The third kappa shape index (κ3) is 3.95. The van der Waals surface area contributed by atoms with Crippen molar-refractivity contribution in [2.45, 2.75) is 47.9 Å². The summed E-state index contributed by atoms with van der Waals surface area (Å²) in [6, 6.07) is 32.9. The van der Waals surface area contributed by atoms with Gasteiger partial charge in [-0.3, -0.25) is 0 Å². The van der Waals surface area contributed by atoms with Gasteiger partial charge < -0.3 is 0 Å². The molecule has 0 saturated carbocycles. The van der Waals surface area contributed by atoms with Crippen LogP contribution in [-0.4, -0.2) is 6.94 Å². The Bertz CT molecular complexity index is 1390. The molecule has 0 fully saturated rings. The molecule has 0 aliphatic heterocycles. The number of halogens is 2. The van der Waals surface area contributed by atoms with Crippen LogP contribution in [0.15, 0.2) is 84.9 Å². The molecule has 0 unspecified atom stereocenters. The number of hydrogen-bond acceptors (Lipinski definition) is 0. The Morgan fingerprint density at radius 1 is 0.556 bits per heavy atom. The van der Waals surface area contributed by atoms with E-state index in [0.29, 0.717) is 0 Å². The summed E-state index contributed by atoms with van der Waals surface area (Å²) < 4.78 is 6.36. The van der Waals surface area contributed by atoms with Crippen molar-refractivity contribution in [2.75, 3.05) is 0 Å². The molecule has 0 saturated heterocycles. The Labute approximate surface area is 231 Å². The van der Waals surface area contributed by atoms with Gasteiger partial charge in [0.05, 0.1) is 0 Å². The predicted octanol–water partition coefficient (Wildman–Crippen LogP) is 7.52. The minimum atomic E-state index is -3.80. The first-order valence-corrected chi connectivity index (χ1v) is 30.0. The molecule has 0 spiro atoms. The van der Waals surface area contributed by atoms with Crippen LogP contribution in [0.2, 0.25) is 8.35 Å². The van der Waals surface area contributed by atoms with Crippen molar-refractivity contribution >= 4 is 38.4 Å². The largest absolute Gasteiger partial charge is 0.147 e. The van der Waals surface area contributed by atoms with Crippen LogP contribution in [-0.2, 0) is 30.0 Å². The van der Waals surface area contributed by atoms with Gasteiger partial charge in [-0.15, -0.1) is 24.8 Å². The maximum Gasteiger partial charge on any atom is -0.147 e. The number of hydrogen-bond donors (Lipinski definition) is 0. The third-order valence-corrected chi connectivity index (χ3v) is 46.6. The molecule has 0 aromatic heterocycles. The van der Waals surface area contributed by atoms with E-state index in [2.05, 4.69) is 106 Å². The Hall–Kier alpha value is -1.45. The summed E-state index contributed by atoms with van der Waals surface area (Å²) >= 11 is -3.80. The summed E-state index contributed by atoms with van der Waals surface area (Å²) in [5, 5.41) is 0. The molecule has 36 heavy (non-hydrogen) atoms. The van der Waals surface area contributed by atoms with Gasteiger partial charge in [0.2, 0.25) is 0 Å². The van der Waals surface area contributed by atoms with Gasteiger partial charge in [0, 0.05) is 0 Å². The first kappa shape index (κ1) is 27.6. The van der Waals surface area contributed by atoms with Crippen LogP contribution in [0, 0.1) is 0 Å². The van der Waals surface area contributed by atoms with Crippen LogP contribution < -0.4 is 6.64 Å². The smallest absolute Gasteiger partial charge is 0.147 e. The Morgan fingerprint density at radius 3 is 1.36 bits per heavy atom. The van der Waals surface area contributed by atoms with Gasteiger partial charge in [-0.2, -0.15) is 0 Å². The zero-order valence-electron chi connectivity index (χ0n) is 21.3. The minimum absolute atomic E-state index is 0. The molecule has 0 heterocycles. The summed E-state index contributed by atoms with van der Waals surface area (Å²) in [6.45, 7) is 7.37. The van der Waals surface area contributed by atoms with Crippen LogP contribution in [0.25, 0.3) is 22.3 Å². The van der Waals surface area contributed by atoms with Gasteiger partial charge >= 0.3 is 208 Å². The minimum Gasteiger partial charge on any atom is -0.147 e. The fourth-order valence-electron chi connectivity index (χ4n) is 7.56. The van der Waals surface area contributed by atoms with E-state index in [-0.39, 0.29) is 24.8 Å².